The van der Waals surface area contributed by atoms with Crippen LogP contribution in [0.25, 0.3) is 0 Å². The van der Waals surface area contributed by atoms with Crippen LogP contribution in [-0.2, 0) is 14.3 Å². The lowest BCUT2D eigenvalue weighted by Gasteiger charge is -2.05. The molecule has 0 amide bonds. The Morgan fingerprint density at radius 2 is 0.422 bits per heavy atom. The van der Waals surface area contributed by atoms with E-state index in [1.807, 2.05) is 0 Å². The van der Waals surface area contributed by atoms with Gasteiger partial charge in [0.15, 0.2) is 0 Å². The minimum absolute atomic E-state index is 0.330. The van der Waals surface area contributed by atoms with Crippen molar-refractivity contribution in [2.45, 2.75) is 258 Å². The zero-order valence-corrected chi connectivity index (χ0v) is 31.1. The van der Waals surface area contributed by atoms with Gasteiger partial charge in [0.2, 0.25) is 0 Å². The van der Waals surface area contributed by atoms with Crippen molar-refractivity contribution in [1.29, 1.82) is 0 Å². The summed E-state index contributed by atoms with van der Waals surface area (Å²) >= 11 is 0. The summed E-state index contributed by atoms with van der Waals surface area (Å²) in [5, 5.41) is 0. The summed E-state index contributed by atoms with van der Waals surface area (Å²) in [4.78, 5) is 23.5. The first-order valence-electron chi connectivity index (χ1n) is 20.9. The maximum absolute atomic E-state index is 11.8. The lowest BCUT2D eigenvalue weighted by atomic mass is 10.0. The molecule has 0 aliphatic heterocycles. The highest BCUT2D eigenvalue weighted by Gasteiger charge is 2.09. The molecular formula is C42H82O3. The normalized spacial score (nSPS) is 11.3. The lowest BCUT2D eigenvalue weighted by Crippen LogP contribution is -2.11. The molecule has 268 valence electrons. The van der Waals surface area contributed by atoms with Gasteiger partial charge in [0.1, 0.15) is 0 Å². The van der Waals surface area contributed by atoms with Gasteiger partial charge in [-0.1, -0.05) is 232 Å². The van der Waals surface area contributed by atoms with E-state index in [0.29, 0.717) is 12.8 Å². The molecule has 0 spiro atoms. The maximum Gasteiger partial charge on any atom is 0.313 e. The second-order valence-electron chi connectivity index (χ2n) is 14.4. The largest absolute Gasteiger partial charge is 0.393 e. The summed E-state index contributed by atoms with van der Waals surface area (Å²) in [6.45, 7) is 4.48. The van der Waals surface area contributed by atoms with Gasteiger partial charge >= 0.3 is 11.9 Å². The molecule has 0 heterocycles. The van der Waals surface area contributed by atoms with Gasteiger partial charge in [-0.3, -0.25) is 9.59 Å². The van der Waals surface area contributed by atoms with Crippen LogP contribution < -0.4 is 0 Å². The van der Waals surface area contributed by atoms with E-state index in [-0.39, 0.29) is 11.9 Å². The Bertz CT molecular complexity index is 586. The molecule has 0 aromatic heterocycles. The number of carbonyl (C=O) groups is 2. The van der Waals surface area contributed by atoms with Crippen molar-refractivity contribution in [2.24, 2.45) is 0 Å². The van der Waals surface area contributed by atoms with Crippen LogP contribution >= 0.6 is 0 Å². The third kappa shape index (κ3) is 39.2. The summed E-state index contributed by atoms with van der Waals surface area (Å²) in [5.41, 5.74) is 0. The Balaban J connectivity index is 3.15. The van der Waals surface area contributed by atoms with E-state index in [2.05, 4.69) is 13.8 Å². The summed E-state index contributed by atoms with van der Waals surface area (Å²) in [7, 11) is 0. The molecule has 0 aromatic rings. The number of ether oxygens (including phenoxy) is 1. The fourth-order valence-electron chi connectivity index (χ4n) is 6.57. The average Bonchev–Trinajstić information content (AvgIpc) is 3.03. The first kappa shape index (κ1) is 44.1. The van der Waals surface area contributed by atoms with Crippen molar-refractivity contribution in [3.8, 4) is 0 Å². The summed E-state index contributed by atoms with van der Waals surface area (Å²) < 4.78 is 4.95. The number of unbranched alkanes of at least 4 members (excludes halogenated alkanes) is 34. The van der Waals surface area contributed by atoms with Crippen molar-refractivity contribution in [2.75, 3.05) is 0 Å². The first-order chi connectivity index (χ1) is 22.2. The highest BCUT2D eigenvalue weighted by molar-refractivity contribution is 5.85. The van der Waals surface area contributed by atoms with Crippen molar-refractivity contribution >= 4 is 11.9 Å². The highest BCUT2D eigenvalue weighted by Crippen LogP contribution is 2.17. The molecule has 45 heavy (non-hydrogen) atoms. The zero-order valence-electron chi connectivity index (χ0n) is 31.1. The molecule has 0 rings (SSSR count). The Labute approximate surface area is 283 Å². The summed E-state index contributed by atoms with van der Waals surface area (Å²) in [5.74, 6) is -0.666. The Morgan fingerprint density at radius 1 is 0.267 bits per heavy atom. The third-order valence-electron chi connectivity index (χ3n) is 9.70. The van der Waals surface area contributed by atoms with E-state index in [9.17, 15) is 9.59 Å². The molecule has 0 N–H and O–H groups in total. The molecule has 0 fully saturated rings. The molecule has 0 saturated heterocycles. The van der Waals surface area contributed by atoms with Gasteiger partial charge in [0.05, 0.1) is 0 Å². The molecule has 0 radical (unpaired) electrons. The van der Waals surface area contributed by atoms with Crippen LogP contribution in [0.4, 0.5) is 0 Å². The summed E-state index contributed by atoms with van der Waals surface area (Å²) in [6, 6.07) is 0. The van der Waals surface area contributed by atoms with Crippen LogP contribution in [0.15, 0.2) is 0 Å². The molecular weight excluding hydrogens is 552 g/mol. The van der Waals surface area contributed by atoms with Crippen molar-refractivity contribution in [3.05, 3.63) is 0 Å². The minimum Gasteiger partial charge on any atom is -0.393 e. The van der Waals surface area contributed by atoms with E-state index >= 15 is 0 Å². The van der Waals surface area contributed by atoms with Gasteiger partial charge in [-0.15, -0.1) is 0 Å². The number of carbonyl (C=O) groups excluding carboxylic acids is 2. The van der Waals surface area contributed by atoms with Gasteiger partial charge in [0.25, 0.3) is 0 Å². The molecule has 0 saturated carbocycles. The van der Waals surface area contributed by atoms with Crippen molar-refractivity contribution in [1.82, 2.24) is 0 Å². The first-order valence-corrected chi connectivity index (χ1v) is 20.9. The number of rotatable bonds is 38. The molecule has 3 heteroatoms. The predicted molar refractivity (Wildman–Crippen MR) is 198 cm³/mol. The van der Waals surface area contributed by atoms with E-state index in [1.54, 1.807) is 0 Å². The second kappa shape index (κ2) is 39.3. The van der Waals surface area contributed by atoms with Crippen LogP contribution in [0.5, 0.6) is 0 Å². The van der Waals surface area contributed by atoms with Crippen LogP contribution in [0, 0.1) is 0 Å². The topological polar surface area (TPSA) is 43.4 Å². The van der Waals surface area contributed by atoms with Crippen LogP contribution in [0.3, 0.4) is 0 Å². The van der Waals surface area contributed by atoms with E-state index in [4.69, 9.17) is 4.74 Å². The van der Waals surface area contributed by atoms with E-state index < -0.39 is 0 Å². The molecule has 0 aromatic carbocycles. The predicted octanol–water partition coefficient (Wildman–Crippen LogP) is 14.9. The third-order valence-corrected chi connectivity index (χ3v) is 9.70. The standard InChI is InChI=1S/C42H82O3/c1-3-5-7-9-10-11-12-13-14-15-16-17-18-19-20-21-22-23-24-25-26-27-28-29-30-31-32-33-34-36-38-40-42(44)45-41(43)39-37-35-8-6-4-2/h3-40H2,1-2H3. The van der Waals surface area contributed by atoms with Crippen LogP contribution in [-0.4, -0.2) is 11.9 Å². The van der Waals surface area contributed by atoms with Crippen LogP contribution in [0.1, 0.15) is 258 Å². The highest BCUT2D eigenvalue weighted by atomic mass is 16.6. The number of esters is 2. The van der Waals surface area contributed by atoms with E-state index in [0.717, 1.165) is 32.1 Å². The van der Waals surface area contributed by atoms with E-state index in [1.165, 1.54) is 199 Å². The molecule has 0 unspecified atom stereocenters. The van der Waals surface area contributed by atoms with Crippen molar-refractivity contribution in [3.63, 3.8) is 0 Å². The van der Waals surface area contributed by atoms with Gasteiger partial charge < -0.3 is 4.74 Å². The molecule has 0 aliphatic carbocycles. The Kier molecular flexibility index (Phi) is 38.6. The fraction of sp³-hybridized carbons (Fsp3) is 0.952. The van der Waals surface area contributed by atoms with Gasteiger partial charge in [0, 0.05) is 12.8 Å². The van der Waals surface area contributed by atoms with Crippen LogP contribution in [0.2, 0.25) is 0 Å². The van der Waals surface area contributed by atoms with Gasteiger partial charge in [-0.2, -0.15) is 0 Å². The minimum atomic E-state index is -0.336. The monoisotopic (exact) mass is 635 g/mol. The van der Waals surface area contributed by atoms with Crippen molar-refractivity contribution < 1.29 is 14.3 Å². The Morgan fingerprint density at radius 3 is 0.600 bits per heavy atom. The molecule has 0 atom stereocenters. The average molecular weight is 635 g/mol. The fourth-order valence-corrected chi connectivity index (χ4v) is 6.57. The zero-order chi connectivity index (χ0) is 32.7. The quantitative estimate of drug-likeness (QED) is 0.0385. The van der Waals surface area contributed by atoms with Gasteiger partial charge in [-0.05, 0) is 12.8 Å². The maximum atomic E-state index is 11.8. The molecule has 3 nitrogen and oxygen atoms in total. The SMILES string of the molecule is CCCCCCCCCCCCCCCCCCCCCCCCCCCCCCCCCC(=O)OC(=O)CCCCCCC. The molecule has 0 bridgehead atoms. The summed E-state index contributed by atoms with van der Waals surface area (Å²) in [6.07, 6.45) is 49.6. The smallest absolute Gasteiger partial charge is 0.313 e. The van der Waals surface area contributed by atoms with Gasteiger partial charge in [-0.25, -0.2) is 0 Å². The lowest BCUT2D eigenvalue weighted by molar-refractivity contribution is -0.159. The number of hydrogen-bond donors (Lipinski definition) is 0. The molecule has 0 aliphatic rings. The number of hydrogen-bond acceptors (Lipinski definition) is 3. The Hall–Kier alpha value is -0.860. The second-order valence-corrected chi connectivity index (χ2v) is 14.4.